The highest BCUT2D eigenvalue weighted by Gasteiger charge is 2.41. The monoisotopic (exact) mass is 653 g/mol. The molecule has 1 spiro atoms. The molecule has 13 heteroatoms. The molecule has 4 heterocycles. The number of hydrogen-bond donors (Lipinski definition) is 4. The van der Waals surface area contributed by atoms with Gasteiger partial charge in [-0.3, -0.25) is 14.5 Å². The van der Waals surface area contributed by atoms with E-state index in [0.717, 1.165) is 66.6 Å². The molecule has 2 fully saturated rings. The topological polar surface area (TPSA) is 140 Å². The van der Waals surface area contributed by atoms with Gasteiger partial charge in [0.2, 0.25) is 0 Å². The molecule has 2 saturated heterocycles. The van der Waals surface area contributed by atoms with Crippen molar-refractivity contribution < 1.29 is 24.5 Å². The minimum absolute atomic E-state index is 0.00102. The lowest BCUT2D eigenvalue weighted by Crippen LogP contribution is -2.58. The highest BCUT2D eigenvalue weighted by molar-refractivity contribution is 7.16. The zero-order valence-electron chi connectivity index (χ0n) is 25.3. The van der Waals surface area contributed by atoms with Crippen LogP contribution in [0, 0.1) is 6.92 Å². The summed E-state index contributed by atoms with van der Waals surface area (Å²) in [5.74, 6) is 0.828. The Labute approximate surface area is 269 Å². The number of H-pyrrole nitrogens is 1. The third kappa shape index (κ3) is 7.56. The molecule has 0 unspecified atom stereocenters. The Hall–Kier alpha value is -3.33. The third-order valence-corrected chi connectivity index (χ3v) is 10.3. The molecular weight excluding hydrogens is 615 g/mol. The molecule has 4 N–H and O–H groups in total. The number of rotatable bonds is 11. The SMILES string of the molecule is Cc1nc(C(=O)N2CCOC3(CCN(CCOc4cccc(CCNC[C@H](O)c5ccc(O)c6[nH]c(=O)sc56)c4)CC3)C2)cs1. The van der Waals surface area contributed by atoms with Gasteiger partial charge in [0.15, 0.2) is 0 Å². The number of aliphatic hydroxyl groups excluding tert-OH is 1. The number of amides is 1. The Bertz CT molecular complexity index is 1680. The van der Waals surface area contributed by atoms with Gasteiger partial charge in [-0.15, -0.1) is 11.3 Å². The number of carbonyl (C=O) groups is 1. The van der Waals surface area contributed by atoms with Crippen LogP contribution in [0.5, 0.6) is 11.5 Å². The van der Waals surface area contributed by atoms with Crippen LogP contribution < -0.4 is 14.9 Å². The molecule has 0 radical (unpaired) electrons. The minimum Gasteiger partial charge on any atom is -0.506 e. The number of morpholine rings is 1. The molecule has 0 bridgehead atoms. The number of aryl methyl sites for hydroxylation is 1. The fourth-order valence-corrected chi connectivity index (χ4v) is 7.60. The van der Waals surface area contributed by atoms with E-state index in [2.05, 4.69) is 32.3 Å². The highest BCUT2D eigenvalue weighted by Crippen LogP contribution is 2.32. The maximum atomic E-state index is 13.0. The molecule has 1 amide bonds. The van der Waals surface area contributed by atoms with E-state index in [9.17, 15) is 19.8 Å². The van der Waals surface area contributed by atoms with Gasteiger partial charge >= 0.3 is 4.87 Å². The number of aliphatic hydroxyl groups is 1. The fourth-order valence-electron chi connectivity index (χ4n) is 6.10. The van der Waals surface area contributed by atoms with Crippen molar-refractivity contribution in [3.63, 3.8) is 0 Å². The van der Waals surface area contributed by atoms with Crippen molar-refractivity contribution in [3.05, 3.63) is 73.3 Å². The van der Waals surface area contributed by atoms with Crippen LogP contribution in [0.3, 0.4) is 0 Å². The van der Waals surface area contributed by atoms with Crippen LogP contribution in [-0.4, -0.2) is 101 Å². The van der Waals surface area contributed by atoms with Gasteiger partial charge in [0.05, 0.1) is 34.6 Å². The number of nitrogens with one attached hydrogen (secondary N) is 2. The number of phenols is 1. The molecule has 2 aliphatic heterocycles. The number of aromatic hydroxyl groups is 1. The Balaban J connectivity index is 0.912. The molecule has 240 valence electrons. The van der Waals surface area contributed by atoms with E-state index in [0.29, 0.717) is 60.9 Å². The minimum atomic E-state index is -0.808. The van der Waals surface area contributed by atoms with Crippen molar-refractivity contribution in [1.29, 1.82) is 0 Å². The van der Waals surface area contributed by atoms with Crippen molar-refractivity contribution >= 4 is 38.8 Å². The number of phenolic OH excluding ortho intramolecular Hbond substituents is 1. The number of carbonyl (C=O) groups excluding carboxylic acids is 1. The average molecular weight is 654 g/mol. The van der Waals surface area contributed by atoms with Gasteiger partial charge in [-0.05, 0) is 56.5 Å². The van der Waals surface area contributed by atoms with Gasteiger partial charge in [0.25, 0.3) is 5.91 Å². The summed E-state index contributed by atoms with van der Waals surface area (Å²) in [5.41, 5.74) is 2.36. The fraction of sp³-hybridized carbons (Fsp3) is 0.469. The van der Waals surface area contributed by atoms with Crippen molar-refractivity contribution in [3.8, 4) is 11.5 Å². The van der Waals surface area contributed by atoms with Gasteiger partial charge in [0, 0.05) is 43.7 Å². The van der Waals surface area contributed by atoms with Crippen molar-refractivity contribution in [2.75, 3.05) is 59.0 Å². The molecule has 2 aromatic carbocycles. The summed E-state index contributed by atoms with van der Waals surface area (Å²) in [5, 5.41) is 26.7. The molecule has 1 atom stereocenters. The molecule has 2 aliphatic rings. The molecular formula is C32H39N5O6S2. The second kappa shape index (κ2) is 14.0. The summed E-state index contributed by atoms with van der Waals surface area (Å²) in [7, 11) is 0. The summed E-state index contributed by atoms with van der Waals surface area (Å²) < 4.78 is 12.9. The molecule has 0 saturated carbocycles. The van der Waals surface area contributed by atoms with Crippen LogP contribution >= 0.6 is 22.7 Å². The number of likely N-dealkylation sites (tertiary alicyclic amines) is 1. The van der Waals surface area contributed by atoms with Gasteiger partial charge in [-0.25, -0.2) is 4.98 Å². The Morgan fingerprint density at radius 3 is 2.89 bits per heavy atom. The largest absolute Gasteiger partial charge is 0.506 e. The van der Waals surface area contributed by atoms with Gasteiger partial charge in [-0.1, -0.05) is 29.5 Å². The zero-order valence-corrected chi connectivity index (χ0v) is 26.9. The van der Waals surface area contributed by atoms with Crippen LogP contribution in [0.15, 0.2) is 46.6 Å². The third-order valence-electron chi connectivity index (χ3n) is 8.59. The number of aromatic amines is 1. The number of aromatic nitrogens is 2. The van der Waals surface area contributed by atoms with E-state index in [1.54, 1.807) is 6.07 Å². The zero-order chi connectivity index (χ0) is 31.4. The first-order valence-corrected chi connectivity index (χ1v) is 17.0. The summed E-state index contributed by atoms with van der Waals surface area (Å²) in [6.45, 7) is 7.89. The van der Waals surface area contributed by atoms with Gasteiger partial charge in [-0.2, -0.15) is 0 Å². The standard InChI is InChI=1S/C32H39N5O6S2/c1-21-34-25(19-44-21)30(40)37-14-16-43-32(20-37)8-11-36(12-9-32)13-15-42-23-4-2-3-22(17-23)7-10-33-18-27(39)24-5-6-26(38)28-29(24)45-31(41)35-28/h2-6,17,19,27,33,38-39H,7-16,18,20H2,1H3,(H,35,41)/t27-/m0/s1. The number of fused-ring (bicyclic) bond motifs is 1. The number of piperidine rings is 1. The lowest BCUT2D eigenvalue weighted by molar-refractivity contribution is -0.127. The first-order valence-electron chi connectivity index (χ1n) is 15.3. The summed E-state index contributed by atoms with van der Waals surface area (Å²) >= 11 is 2.49. The lowest BCUT2D eigenvalue weighted by Gasteiger charge is -2.47. The van der Waals surface area contributed by atoms with Crippen LogP contribution in [0.2, 0.25) is 0 Å². The van der Waals surface area contributed by atoms with E-state index in [1.807, 2.05) is 29.3 Å². The number of hydrogen-bond acceptors (Lipinski definition) is 11. The second-order valence-corrected chi connectivity index (χ2v) is 13.8. The average Bonchev–Trinajstić information content (AvgIpc) is 3.66. The van der Waals surface area contributed by atoms with Gasteiger partial charge in [0.1, 0.15) is 29.3 Å². The van der Waals surface area contributed by atoms with Crippen molar-refractivity contribution in [1.82, 2.24) is 25.1 Å². The Morgan fingerprint density at radius 2 is 2.09 bits per heavy atom. The van der Waals surface area contributed by atoms with Crippen molar-refractivity contribution in [2.24, 2.45) is 0 Å². The quantitative estimate of drug-likeness (QED) is 0.180. The van der Waals surface area contributed by atoms with E-state index < -0.39 is 6.10 Å². The Kier molecular flexibility index (Phi) is 9.83. The van der Waals surface area contributed by atoms with E-state index >= 15 is 0 Å². The maximum absolute atomic E-state index is 13.0. The summed E-state index contributed by atoms with van der Waals surface area (Å²) in [6, 6.07) is 11.2. The first kappa shape index (κ1) is 31.6. The Morgan fingerprint density at radius 1 is 1.24 bits per heavy atom. The molecule has 6 rings (SSSR count). The summed E-state index contributed by atoms with van der Waals surface area (Å²) in [6.07, 6.45) is 1.72. The molecule has 45 heavy (non-hydrogen) atoms. The number of ether oxygens (including phenoxy) is 2. The highest BCUT2D eigenvalue weighted by atomic mass is 32.1. The lowest BCUT2D eigenvalue weighted by atomic mass is 9.89. The first-order chi connectivity index (χ1) is 21.8. The van der Waals surface area contributed by atoms with Crippen molar-refractivity contribution in [2.45, 2.75) is 37.9 Å². The predicted molar refractivity (Wildman–Crippen MR) is 175 cm³/mol. The van der Waals surface area contributed by atoms with Crippen LogP contribution in [0.1, 0.15) is 45.6 Å². The number of nitrogens with zero attached hydrogens (tertiary/aromatic N) is 3. The summed E-state index contributed by atoms with van der Waals surface area (Å²) in [4.78, 5) is 35.8. The number of thiazole rings is 2. The normalized spacial score (nSPS) is 17.6. The molecule has 0 aliphatic carbocycles. The van der Waals surface area contributed by atoms with E-state index in [1.165, 1.54) is 17.4 Å². The molecule has 4 aromatic rings. The van der Waals surface area contributed by atoms with E-state index in [-0.39, 0.29) is 22.1 Å². The smallest absolute Gasteiger partial charge is 0.305 e. The second-order valence-electron chi connectivity index (χ2n) is 11.7. The predicted octanol–water partition coefficient (Wildman–Crippen LogP) is 3.31. The maximum Gasteiger partial charge on any atom is 0.305 e. The van der Waals surface area contributed by atoms with Crippen LogP contribution in [-0.2, 0) is 11.2 Å². The molecule has 11 nitrogen and oxygen atoms in total. The van der Waals surface area contributed by atoms with Gasteiger partial charge < -0.3 is 34.9 Å². The van der Waals surface area contributed by atoms with E-state index in [4.69, 9.17) is 9.47 Å². The van der Waals surface area contributed by atoms with Crippen LogP contribution in [0.25, 0.3) is 10.2 Å². The number of benzene rings is 2. The van der Waals surface area contributed by atoms with Crippen LogP contribution in [0.4, 0.5) is 0 Å². The molecule has 2 aromatic heterocycles.